The van der Waals surface area contributed by atoms with Crippen LogP contribution in [0.3, 0.4) is 0 Å². The third-order valence-electron chi connectivity index (χ3n) is 3.05. The number of carbonyl (C=O) groups excluding carboxylic acids is 1. The number of allylic oxidation sites excluding steroid dienone is 2. The number of nitrogens with zero attached hydrogens (tertiary/aromatic N) is 1. The first-order valence-corrected chi connectivity index (χ1v) is 6.16. The van der Waals surface area contributed by atoms with Crippen LogP contribution in [0.4, 0.5) is 5.69 Å². The molecule has 0 saturated heterocycles. The molecule has 1 aromatic carbocycles. The van der Waals surface area contributed by atoms with Crippen molar-refractivity contribution in [3.05, 3.63) is 34.9 Å². The van der Waals surface area contributed by atoms with E-state index in [1.807, 2.05) is 0 Å². The van der Waals surface area contributed by atoms with E-state index in [2.05, 4.69) is 4.99 Å². The maximum Gasteiger partial charge on any atom is 0.201 e. The number of halogens is 1. The van der Waals surface area contributed by atoms with Crippen LogP contribution in [0.15, 0.2) is 34.8 Å². The van der Waals surface area contributed by atoms with Gasteiger partial charge in [0.1, 0.15) is 5.75 Å². The summed E-state index contributed by atoms with van der Waals surface area (Å²) in [5.41, 5.74) is 1.86. The molecule has 1 aliphatic carbocycles. The number of carbonyl (C=O) groups is 1. The summed E-state index contributed by atoms with van der Waals surface area (Å²) in [4.78, 5) is 16.2. The van der Waals surface area contributed by atoms with E-state index in [4.69, 9.17) is 17.0 Å². The van der Waals surface area contributed by atoms with Crippen LogP contribution in [0, 0.1) is 11.3 Å². The van der Waals surface area contributed by atoms with Crippen LogP contribution in [-0.4, -0.2) is 22.3 Å². The maximum absolute atomic E-state index is 11.9. The predicted octanol–water partition coefficient (Wildman–Crippen LogP) is 3.30. The smallest absolute Gasteiger partial charge is 0.201 e. The largest absolute Gasteiger partial charge is 0.506 e. The molecule has 0 fully saturated rings. The summed E-state index contributed by atoms with van der Waals surface area (Å²) in [5.74, 6) is -0.563. The van der Waals surface area contributed by atoms with Gasteiger partial charge in [-0.05, 0) is 36.8 Å². The highest BCUT2D eigenvalue weighted by atomic mass is 35.5. The fourth-order valence-electron chi connectivity index (χ4n) is 1.90. The highest BCUT2D eigenvalue weighted by Gasteiger charge is 2.27. The predicted molar refractivity (Wildman–Crippen MR) is 75.9 cm³/mol. The molecule has 0 heterocycles. The summed E-state index contributed by atoms with van der Waals surface area (Å²) in [5, 5.41) is 17.4. The lowest BCUT2D eigenvalue weighted by Gasteiger charge is -2.19. The van der Waals surface area contributed by atoms with Gasteiger partial charge in [-0.25, -0.2) is 4.99 Å². The number of aliphatic imine (C=N–C) groups is 1. The molecule has 0 amide bonds. The molecule has 98 valence electrons. The standard InChI is InChI=1S/C14H13ClN2O2/c1-7-5-12(19)14(8(2)13(7)16)17-9-3-4-11(18)10(15)6-9/h3-6,8,16,18H,1-2H3. The monoisotopic (exact) mass is 276 g/mol. The van der Waals surface area contributed by atoms with E-state index in [0.717, 1.165) is 0 Å². The molecule has 0 saturated carbocycles. The van der Waals surface area contributed by atoms with E-state index < -0.39 is 0 Å². The molecule has 2 rings (SSSR count). The number of hydrogen-bond acceptors (Lipinski definition) is 4. The minimum atomic E-state index is -0.343. The Hall–Kier alpha value is -1.94. The first kappa shape index (κ1) is 13.5. The zero-order valence-electron chi connectivity index (χ0n) is 10.6. The Morgan fingerprint density at radius 3 is 2.74 bits per heavy atom. The van der Waals surface area contributed by atoms with Gasteiger partial charge in [-0.15, -0.1) is 0 Å². The number of phenolic OH excluding ortho intramolecular Hbond substituents is 1. The van der Waals surface area contributed by atoms with Crippen molar-refractivity contribution >= 4 is 34.5 Å². The van der Waals surface area contributed by atoms with Crippen molar-refractivity contribution in [2.45, 2.75) is 13.8 Å². The molecule has 5 heteroatoms. The summed E-state index contributed by atoms with van der Waals surface area (Å²) >= 11 is 5.80. The first-order chi connectivity index (χ1) is 8.90. The minimum absolute atomic E-state index is 0.0304. The van der Waals surface area contributed by atoms with E-state index in [1.54, 1.807) is 19.9 Å². The van der Waals surface area contributed by atoms with Gasteiger partial charge in [-0.2, -0.15) is 0 Å². The van der Waals surface area contributed by atoms with E-state index in [1.165, 1.54) is 18.2 Å². The van der Waals surface area contributed by atoms with Gasteiger partial charge >= 0.3 is 0 Å². The molecule has 1 aromatic rings. The molecule has 0 radical (unpaired) electrons. The average molecular weight is 277 g/mol. The van der Waals surface area contributed by atoms with E-state index in [9.17, 15) is 9.90 Å². The second kappa shape index (κ2) is 4.97. The third kappa shape index (κ3) is 2.58. The lowest BCUT2D eigenvalue weighted by Crippen LogP contribution is -2.32. The van der Waals surface area contributed by atoms with Crippen molar-refractivity contribution in [3.8, 4) is 5.75 Å². The molecular weight excluding hydrogens is 264 g/mol. The zero-order valence-corrected chi connectivity index (χ0v) is 11.3. The lowest BCUT2D eigenvalue weighted by atomic mass is 9.86. The normalized spacial score (nSPS) is 21.7. The summed E-state index contributed by atoms with van der Waals surface area (Å²) < 4.78 is 0. The zero-order chi connectivity index (χ0) is 14.2. The Kier molecular flexibility index (Phi) is 3.53. The first-order valence-electron chi connectivity index (χ1n) is 5.78. The van der Waals surface area contributed by atoms with Crippen molar-refractivity contribution < 1.29 is 9.90 Å². The number of nitrogens with one attached hydrogen (secondary N) is 1. The Morgan fingerprint density at radius 1 is 1.42 bits per heavy atom. The molecule has 0 aromatic heterocycles. The summed E-state index contributed by atoms with van der Waals surface area (Å²) in [7, 11) is 0. The van der Waals surface area contributed by atoms with Crippen LogP contribution in [0.25, 0.3) is 0 Å². The Balaban J connectivity index is 2.45. The van der Waals surface area contributed by atoms with Crippen molar-refractivity contribution in [1.29, 1.82) is 5.41 Å². The van der Waals surface area contributed by atoms with Crippen LogP contribution in [0.1, 0.15) is 13.8 Å². The van der Waals surface area contributed by atoms with Crippen LogP contribution in [0.5, 0.6) is 5.75 Å². The number of hydrogen-bond donors (Lipinski definition) is 2. The Morgan fingerprint density at radius 2 is 2.11 bits per heavy atom. The van der Waals surface area contributed by atoms with Gasteiger partial charge in [0.15, 0.2) is 0 Å². The molecule has 1 atom stereocenters. The number of phenols is 1. The summed E-state index contributed by atoms with van der Waals surface area (Å²) in [6, 6.07) is 4.48. The fourth-order valence-corrected chi connectivity index (χ4v) is 2.07. The van der Waals surface area contributed by atoms with Gasteiger partial charge in [-0.1, -0.05) is 18.5 Å². The molecule has 19 heavy (non-hydrogen) atoms. The van der Waals surface area contributed by atoms with Crippen LogP contribution in [0.2, 0.25) is 5.02 Å². The molecule has 1 aliphatic rings. The second-order valence-corrected chi connectivity index (χ2v) is 4.87. The van der Waals surface area contributed by atoms with E-state index in [0.29, 0.717) is 22.7 Å². The molecule has 2 N–H and O–H groups in total. The van der Waals surface area contributed by atoms with Crippen molar-refractivity contribution in [3.63, 3.8) is 0 Å². The van der Waals surface area contributed by atoms with E-state index >= 15 is 0 Å². The van der Waals surface area contributed by atoms with Crippen LogP contribution < -0.4 is 0 Å². The van der Waals surface area contributed by atoms with Crippen LogP contribution in [-0.2, 0) is 4.79 Å². The van der Waals surface area contributed by atoms with Crippen molar-refractivity contribution in [2.75, 3.05) is 0 Å². The topological polar surface area (TPSA) is 73.5 Å². The highest BCUT2D eigenvalue weighted by Crippen LogP contribution is 2.29. The second-order valence-electron chi connectivity index (χ2n) is 4.46. The van der Waals surface area contributed by atoms with Gasteiger partial charge in [-0.3, -0.25) is 4.79 Å². The summed E-state index contributed by atoms with van der Waals surface area (Å²) in [6.07, 6.45) is 1.42. The Bertz CT molecular complexity index is 632. The van der Waals surface area contributed by atoms with Gasteiger partial charge in [0.05, 0.1) is 16.4 Å². The van der Waals surface area contributed by atoms with Gasteiger partial charge in [0, 0.05) is 11.6 Å². The minimum Gasteiger partial charge on any atom is -0.506 e. The highest BCUT2D eigenvalue weighted by molar-refractivity contribution is 6.51. The molecule has 0 bridgehead atoms. The van der Waals surface area contributed by atoms with E-state index in [-0.39, 0.29) is 22.5 Å². The number of benzene rings is 1. The molecule has 0 spiro atoms. The quantitative estimate of drug-likeness (QED) is 0.826. The van der Waals surface area contributed by atoms with Gasteiger partial charge < -0.3 is 10.5 Å². The number of ketones is 1. The Labute approximate surface area is 115 Å². The summed E-state index contributed by atoms with van der Waals surface area (Å²) in [6.45, 7) is 3.52. The van der Waals surface area contributed by atoms with Crippen molar-refractivity contribution in [1.82, 2.24) is 0 Å². The van der Waals surface area contributed by atoms with Gasteiger partial charge in [0.2, 0.25) is 5.78 Å². The SMILES string of the molecule is CC1=CC(=O)C(=Nc2ccc(O)c(Cl)c2)C(C)C1=N. The molecule has 0 aliphatic heterocycles. The molecular formula is C14H13ClN2O2. The maximum atomic E-state index is 11.9. The lowest BCUT2D eigenvalue weighted by molar-refractivity contribution is -0.109. The van der Waals surface area contributed by atoms with Crippen LogP contribution >= 0.6 is 11.6 Å². The number of aromatic hydroxyl groups is 1. The fraction of sp³-hybridized carbons (Fsp3) is 0.214. The average Bonchev–Trinajstić information content (AvgIpc) is 2.36. The molecule has 4 nitrogen and oxygen atoms in total. The molecule has 1 unspecified atom stereocenters. The van der Waals surface area contributed by atoms with Gasteiger partial charge in [0.25, 0.3) is 0 Å². The number of rotatable bonds is 1. The van der Waals surface area contributed by atoms with Crippen molar-refractivity contribution in [2.24, 2.45) is 10.9 Å². The third-order valence-corrected chi connectivity index (χ3v) is 3.35.